The van der Waals surface area contributed by atoms with Crippen LogP contribution in [-0.4, -0.2) is 17.9 Å². The van der Waals surface area contributed by atoms with Gasteiger partial charge < -0.3 is 10.6 Å². The van der Waals surface area contributed by atoms with Crippen molar-refractivity contribution in [2.24, 2.45) is 0 Å². The maximum absolute atomic E-state index is 12.4. The molecule has 0 fully saturated rings. The van der Waals surface area contributed by atoms with Crippen LogP contribution in [0.2, 0.25) is 10.0 Å². The zero-order valence-electron chi connectivity index (χ0n) is 11.4. The lowest BCUT2D eigenvalue weighted by atomic mass is 9.95. The van der Waals surface area contributed by atoms with E-state index in [1.807, 2.05) is 12.1 Å². The summed E-state index contributed by atoms with van der Waals surface area (Å²) < 4.78 is 0. The van der Waals surface area contributed by atoms with E-state index in [0.717, 1.165) is 5.56 Å². The molecule has 1 unspecified atom stereocenters. The van der Waals surface area contributed by atoms with Gasteiger partial charge in [0.2, 0.25) is 5.91 Å². The van der Waals surface area contributed by atoms with E-state index >= 15 is 0 Å². The Morgan fingerprint density at radius 3 is 2.50 bits per heavy atom. The molecule has 3 rings (SSSR count). The van der Waals surface area contributed by atoms with Gasteiger partial charge in [0.05, 0.1) is 15.7 Å². The van der Waals surface area contributed by atoms with E-state index in [1.165, 1.54) is 0 Å². The summed E-state index contributed by atoms with van der Waals surface area (Å²) in [6.07, 6.45) is 0.426. The fourth-order valence-corrected chi connectivity index (χ4v) is 2.90. The molecule has 0 radical (unpaired) electrons. The molecule has 2 N–H and O–H groups in total. The van der Waals surface area contributed by atoms with Gasteiger partial charge in [0.15, 0.2) is 0 Å². The molecule has 112 valence electrons. The molecule has 1 atom stereocenters. The summed E-state index contributed by atoms with van der Waals surface area (Å²) in [7, 11) is 0. The van der Waals surface area contributed by atoms with E-state index in [2.05, 4.69) is 10.6 Å². The fraction of sp³-hybridized carbons (Fsp3) is 0.125. The minimum absolute atomic E-state index is 0.257. The summed E-state index contributed by atoms with van der Waals surface area (Å²) in [6.45, 7) is 0. The molecule has 0 saturated heterocycles. The van der Waals surface area contributed by atoms with Crippen LogP contribution in [0.15, 0.2) is 42.5 Å². The predicted octanol–water partition coefficient (Wildman–Crippen LogP) is 3.29. The third-order valence-electron chi connectivity index (χ3n) is 3.52. The van der Waals surface area contributed by atoms with Crippen molar-refractivity contribution in [3.63, 3.8) is 0 Å². The number of carbonyl (C=O) groups excluding carboxylic acids is 2. The molecule has 0 spiro atoms. The van der Waals surface area contributed by atoms with Crippen molar-refractivity contribution in [2.75, 3.05) is 5.32 Å². The average Bonchev–Trinajstić information content (AvgIpc) is 2.51. The Kier molecular flexibility index (Phi) is 4.05. The molecule has 2 aromatic carbocycles. The summed E-state index contributed by atoms with van der Waals surface area (Å²) >= 11 is 12.1. The van der Waals surface area contributed by atoms with Gasteiger partial charge in [-0.1, -0.05) is 47.5 Å². The molecule has 0 saturated carbocycles. The van der Waals surface area contributed by atoms with Gasteiger partial charge in [-0.15, -0.1) is 0 Å². The lowest BCUT2D eigenvalue weighted by molar-refractivity contribution is -0.118. The summed E-state index contributed by atoms with van der Waals surface area (Å²) in [5.74, 6) is -0.606. The van der Waals surface area contributed by atoms with Gasteiger partial charge in [-0.25, -0.2) is 0 Å². The number of amides is 2. The van der Waals surface area contributed by atoms with Crippen LogP contribution >= 0.6 is 23.2 Å². The van der Waals surface area contributed by atoms with Crippen LogP contribution in [0.4, 0.5) is 5.69 Å². The second-order valence-electron chi connectivity index (χ2n) is 4.97. The summed E-state index contributed by atoms with van der Waals surface area (Å²) in [6, 6.07) is 11.5. The van der Waals surface area contributed by atoms with Crippen molar-refractivity contribution in [3.8, 4) is 0 Å². The van der Waals surface area contributed by atoms with Crippen LogP contribution in [0.5, 0.6) is 0 Å². The molecule has 2 aromatic rings. The standard InChI is InChI=1S/C16H12Cl2N2O2/c17-11-6-3-7-12(18)14(11)20-16(22)13-8-9-4-1-2-5-10(9)15(21)19-13/h1-7,13H,8H2,(H,19,21)(H,20,22). The Hall–Kier alpha value is -2.04. The number of fused-ring (bicyclic) bond motifs is 1. The Labute approximate surface area is 137 Å². The second kappa shape index (κ2) is 5.99. The first-order chi connectivity index (χ1) is 10.6. The van der Waals surface area contributed by atoms with E-state index in [0.29, 0.717) is 27.7 Å². The zero-order valence-corrected chi connectivity index (χ0v) is 12.9. The van der Waals surface area contributed by atoms with E-state index < -0.39 is 6.04 Å². The summed E-state index contributed by atoms with van der Waals surface area (Å²) in [5, 5.41) is 6.08. The first-order valence-corrected chi connectivity index (χ1v) is 7.45. The van der Waals surface area contributed by atoms with E-state index in [1.54, 1.807) is 30.3 Å². The van der Waals surface area contributed by atoms with Gasteiger partial charge in [-0.3, -0.25) is 9.59 Å². The smallest absolute Gasteiger partial charge is 0.252 e. The van der Waals surface area contributed by atoms with Crippen molar-refractivity contribution in [3.05, 3.63) is 63.6 Å². The number of nitrogens with one attached hydrogen (secondary N) is 2. The van der Waals surface area contributed by atoms with E-state index in [-0.39, 0.29) is 11.8 Å². The van der Waals surface area contributed by atoms with Crippen molar-refractivity contribution >= 4 is 40.7 Å². The molecule has 1 aliphatic rings. The number of benzene rings is 2. The third kappa shape index (κ3) is 2.80. The highest BCUT2D eigenvalue weighted by atomic mass is 35.5. The summed E-state index contributed by atoms with van der Waals surface area (Å²) in [4.78, 5) is 24.4. The normalized spacial score (nSPS) is 16.6. The van der Waals surface area contributed by atoms with Gasteiger partial charge in [0.1, 0.15) is 6.04 Å². The van der Waals surface area contributed by atoms with Crippen molar-refractivity contribution in [1.29, 1.82) is 0 Å². The maximum atomic E-state index is 12.4. The molecule has 6 heteroatoms. The molecular formula is C16H12Cl2N2O2. The minimum atomic E-state index is -0.658. The lowest BCUT2D eigenvalue weighted by Crippen LogP contribution is -2.48. The van der Waals surface area contributed by atoms with Crippen LogP contribution in [0.1, 0.15) is 15.9 Å². The van der Waals surface area contributed by atoms with Crippen LogP contribution in [-0.2, 0) is 11.2 Å². The molecule has 2 amide bonds. The van der Waals surface area contributed by atoms with Crippen LogP contribution < -0.4 is 10.6 Å². The Morgan fingerprint density at radius 1 is 1.09 bits per heavy atom. The summed E-state index contributed by atoms with van der Waals surface area (Å²) in [5.41, 5.74) is 1.79. The van der Waals surface area contributed by atoms with Gasteiger partial charge in [0.25, 0.3) is 5.91 Å². The Morgan fingerprint density at radius 2 is 1.77 bits per heavy atom. The monoisotopic (exact) mass is 334 g/mol. The maximum Gasteiger partial charge on any atom is 0.252 e. The third-order valence-corrected chi connectivity index (χ3v) is 4.15. The van der Waals surface area contributed by atoms with E-state index in [9.17, 15) is 9.59 Å². The van der Waals surface area contributed by atoms with Gasteiger partial charge >= 0.3 is 0 Å². The average molecular weight is 335 g/mol. The Bertz CT molecular complexity index is 741. The molecular weight excluding hydrogens is 323 g/mol. The number of anilines is 1. The van der Waals surface area contributed by atoms with Gasteiger partial charge in [-0.2, -0.15) is 0 Å². The number of para-hydroxylation sites is 1. The van der Waals surface area contributed by atoms with Gasteiger partial charge in [-0.05, 0) is 23.8 Å². The molecule has 0 aliphatic carbocycles. The number of halogens is 2. The number of hydrogen-bond donors (Lipinski definition) is 2. The van der Waals surface area contributed by atoms with Crippen molar-refractivity contribution < 1.29 is 9.59 Å². The number of carbonyl (C=O) groups is 2. The van der Waals surface area contributed by atoms with Crippen LogP contribution in [0, 0.1) is 0 Å². The highest BCUT2D eigenvalue weighted by Crippen LogP contribution is 2.30. The molecule has 22 heavy (non-hydrogen) atoms. The quantitative estimate of drug-likeness (QED) is 0.885. The topological polar surface area (TPSA) is 58.2 Å². The fourth-order valence-electron chi connectivity index (χ4n) is 2.41. The highest BCUT2D eigenvalue weighted by molar-refractivity contribution is 6.39. The molecule has 4 nitrogen and oxygen atoms in total. The van der Waals surface area contributed by atoms with Crippen molar-refractivity contribution in [2.45, 2.75) is 12.5 Å². The zero-order chi connectivity index (χ0) is 15.7. The molecule has 1 heterocycles. The van der Waals surface area contributed by atoms with E-state index in [4.69, 9.17) is 23.2 Å². The first kappa shape index (κ1) is 14.9. The molecule has 0 aromatic heterocycles. The number of hydrogen-bond acceptors (Lipinski definition) is 2. The first-order valence-electron chi connectivity index (χ1n) is 6.70. The minimum Gasteiger partial charge on any atom is -0.340 e. The predicted molar refractivity (Wildman–Crippen MR) is 86.5 cm³/mol. The molecule has 0 bridgehead atoms. The van der Waals surface area contributed by atoms with Crippen molar-refractivity contribution in [1.82, 2.24) is 5.32 Å². The lowest BCUT2D eigenvalue weighted by Gasteiger charge is -2.25. The van der Waals surface area contributed by atoms with Crippen LogP contribution in [0.25, 0.3) is 0 Å². The largest absolute Gasteiger partial charge is 0.340 e. The van der Waals surface area contributed by atoms with Crippen LogP contribution in [0.3, 0.4) is 0 Å². The SMILES string of the molecule is O=C1NC(C(=O)Nc2c(Cl)cccc2Cl)Cc2ccccc21. The molecule has 1 aliphatic heterocycles. The number of rotatable bonds is 2. The second-order valence-corrected chi connectivity index (χ2v) is 5.79. The highest BCUT2D eigenvalue weighted by Gasteiger charge is 2.29. The van der Waals surface area contributed by atoms with Gasteiger partial charge in [0, 0.05) is 12.0 Å². The Balaban J connectivity index is 1.81.